The van der Waals surface area contributed by atoms with Gasteiger partial charge in [-0.3, -0.25) is 18.9 Å². The lowest BCUT2D eigenvalue weighted by atomic mass is 10.8. The molecule has 0 aliphatic heterocycles. The van der Waals surface area contributed by atoms with Crippen molar-refractivity contribution < 1.29 is 32.0 Å². The number of rotatable bonds is 8. The van der Waals surface area contributed by atoms with Crippen molar-refractivity contribution in [1.29, 1.82) is 0 Å². The van der Waals surface area contributed by atoms with Gasteiger partial charge >= 0.3 is 21.0 Å². The number of hydrogen-bond acceptors (Lipinski definition) is 7. The van der Waals surface area contributed by atoms with Crippen LogP contribution in [0.1, 0.15) is 0 Å². The molecule has 0 spiro atoms. The maximum atomic E-state index is 12.0. The Morgan fingerprint density at radius 1 is 1.11 bits per heavy atom. The van der Waals surface area contributed by atoms with E-state index in [1.54, 1.807) is 5.09 Å². The molecule has 0 saturated carbocycles. The third kappa shape index (κ3) is 5.59. The Labute approximate surface area is 111 Å². The zero-order valence-corrected chi connectivity index (χ0v) is 12.1. The summed E-state index contributed by atoms with van der Waals surface area (Å²) in [5.41, 5.74) is -1.30. The highest BCUT2D eigenvalue weighted by Crippen LogP contribution is 2.52. The third-order valence-corrected chi connectivity index (χ3v) is 4.76. The molecule has 19 heavy (non-hydrogen) atoms. The summed E-state index contributed by atoms with van der Waals surface area (Å²) in [4.78, 5) is 11.6. The fourth-order valence-corrected chi connectivity index (χ4v) is 3.03. The van der Waals surface area contributed by atoms with E-state index in [1.807, 2.05) is 11.8 Å². The summed E-state index contributed by atoms with van der Waals surface area (Å²) in [6.45, 7) is -0.821. The first-order chi connectivity index (χ1) is 8.87. The number of carbonyl (C=O) groups excluding carboxylic acids is 1. The van der Waals surface area contributed by atoms with E-state index in [9.17, 15) is 13.9 Å². The molecule has 0 radical (unpaired) electrons. The van der Waals surface area contributed by atoms with Gasteiger partial charge in [0.15, 0.2) is 0 Å². The van der Waals surface area contributed by atoms with Crippen LogP contribution in [-0.4, -0.2) is 33.1 Å². The van der Waals surface area contributed by atoms with E-state index >= 15 is 0 Å². The molecule has 0 saturated heterocycles. The third-order valence-electron chi connectivity index (χ3n) is 1.60. The first-order valence-electron chi connectivity index (χ1n) is 4.68. The first-order valence-corrected chi connectivity index (χ1v) is 7.76. The highest BCUT2D eigenvalue weighted by atomic mass is 31.2. The van der Waals surface area contributed by atoms with Crippen molar-refractivity contribution in [3.05, 3.63) is 0 Å². The predicted octanol–water partition coefficient (Wildman–Crippen LogP) is 1.59. The molecule has 1 N–H and O–H groups in total. The van der Waals surface area contributed by atoms with Gasteiger partial charge in [0.1, 0.15) is 13.2 Å². The Kier molecular flexibility index (Phi) is 7.66. The first kappa shape index (κ1) is 17.9. The molecule has 0 aliphatic rings. The minimum atomic E-state index is -4.15. The molecule has 106 valence electrons. The minimum Gasteiger partial charge on any atom is -0.305 e. The topological polar surface area (TPSA) is 100 Å². The van der Waals surface area contributed by atoms with E-state index < -0.39 is 34.2 Å². The van der Waals surface area contributed by atoms with E-state index in [1.165, 1.54) is 0 Å². The van der Waals surface area contributed by atoms with E-state index in [4.69, 9.17) is 12.8 Å². The molecule has 0 fully saturated rings. The SMILES string of the molecule is C#CCOP(=O)(NC(=O)P(=O)(OC)OC)OCC#C. The van der Waals surface area contributed by atoms with Gasteiger partial charge < -0.3 is 9.05 Å². The van der Waals surface area contributed by atoms with Crippen molar-refractivity contribution in [3.8, 4) is 24.7 Å². The van der Waals surface area contributed by atoms with Crippen molar-refractivity contribution in [1.82, 2.24) is 5.09 Å². The Balaban J connectivity index is 4.98. The van der Waals surface area contributed by atoms with Crippen LogP contribution in [0, 0.1) is 24.7 Å². The smallest absolute Gasteiger partial charge is 0.305 e. The van der Waals surface area contributed by atoms with Gasteiger partial charge in [0.2, 0.25) is 0 Å². The Bertz CT molecular complexity index is 460. The molecule has 0 bridgehead atoms. The lowest BCUT2D eigenvalue weighted by Crippen LogP contribution is -2.23. The largest absolute Gasteiger partial charge is 0.437 e. The van der Waals surface area contributed by atoms with Crippen LogP contribution in [0.3, 0.4) is 0 Å². The number of nitrogens with one attached hydrogen (secondary N) is 1. The van der Waals surface area contributed by atoms with Crippen molar-refractivity contribution in [2.45, 2.75) is 0 Å². The number of hydrogen-bond donors (Lipinski definition) is 1. The van der Waals surface area contributed by atoms with Crippen LogP contribution in [0.5, 0.6) is 0 Å². The van der Waals surface area contributed by atoms with Crippen LogP contribution < -0.4 is 5.09 Å². The molecule has 0 heterocycles. The van der Waals surface area contributed by atoms with Crippen molar-refractivity contribution in [3.63, 3.8) is 0 Å². The summed E-state index contributed by atoms with van der Waals surface area (Å²) >= 11 is 0. The summed E-state index contributed by atoms with van der Waals surface area (Å²) in [7, 11) is -6.30. The van der Waals surface area contributed by atoms with Gasteiger partial charge in [-0.2, -0.15) is 0 Å². The molecule has 0 atom stereocenters. The fourth-order valence-electron chi connectivity index (χ4n) is 0.765. The lowest BCUT2D eigenvalue weighted by Gasteiger charge is -2.19. The van der Waals surface area contributed by atoms with Crippen LogP contribution in [0.2, 0.25) is 0 Å². The number of amides is 1. The second-order valence-corrected chi connectivity index (χ2v) is 6.60. The Morgan fingerprint density at radius 2 is 1.53 bits per heavy atom. The Hall–Kier alpha value is -1.11. The van der Waals surface area contributed by atoms with E-state index in [0.717, 1.165) is 14.2 Å². The van der Waals surface area contributed by atoms with E-state index in [-0.39, 0.29) is 0 Å². The van der Waals surface area contributed by atoms with Crippen LogP contribution in [0.4, 0.5) is 4.79 Å². The van der Waals surface area contributed by atoms with Crippen molar-refractivity contribution in [2.24, 2.45) is 0 Å². The predicted molar refractivity (Wildman–Crippen MR) is 67.3 cm³/mol. The zero-order valence-electron chi connectivity index (χ0n) is 10.3. The number of carbonyl (C=O) groups is 1. The quantitative estimate of drug-likeness (QED) is 0.536. The van der Waals surface area contributed by atoms with Crippen LogP contribution in [0.25, 0.3) is 0 Å². The fraction of sp³-hybridized carbons (Fsp3) is 0.444. The van der Waals surface area contributed by atoms with Gasteiger partial charge in [0.05, 0.1) is 0 Å². The molecule has 8 nitrogen and oxygen atoms in total. The van der Waals surface area contributed by atoms with Gasteiger partial charge in [0.25, 0.3) is 0 Å². The van der Waals surface area contributed by atoms with Crippen LogP contribution in [-0.2, 0) is 27.2 Å². The number of terminal acetylenes is 2. The average molecular weight is 309 g/mol. The van der Waals surface area contributed by atoms with Gasteiger partial charge in [-0.1, -0.05) is 11.8 Å². The summed E-state index contributed by atoms with van der Waals surface area (Å²) in [6.07, 6.45) is 9.85. The molecule has 1 amide bonds. The molecule has 0 aromatic carbocycles. The maximum Gasteiger partial charge on any atom is 0.437 e. The molecule has 0 rings (SSSR count). The van der Waals surface area contributed by atoms with Gasteiger partial charge in [-0.05, 0) is 0 Å². The molecule has 0 aliphatic carbocycles. The Morgan fingerprint density at radius 3 is 1.84 bits per heavy atom. The summed E-state index contributed by atoms with van der Waals surface area (Å²) < 4.78 is 41.9. The monoisotopic (exact) mass is 309 g/mol. The van der Waals surface area contributed by atoms with Crippen molar-refractivity contribution in [2.75, 3.05) is 27.4 Å². The maximum absolute atomic E-state index is 12.0. The molecular formula is C9H13NO7P2. The molecule has 0 aromatic heterocycles. The highest BCUT2D eigenvalue weighted by Gasteiger charge is 2.39. The normalized spacial score (nSPS) is 11.4. The zero-order chi connectivity index (χ0) is 14.9. The van der Waals surface area contributed by atoms with Crippen LogP contribution >= 0.6 is 15.3 Å². The second-order valence-electron chi connectivity index (χ2n) is 2.73. The highest BCUT2D eigenvalue weighted by molar-refractivity contribution is 7.73. The lowest BCUT2D eigenvalue weighted by molar-refractivity contribution is 0.219. The van der Waals surface area contributed by atoms with Crippen molar-refractivity contribution >= 4 is 21.0 Å². The standard InChI is InChI=1S/C9H13NO7P2/c1-5-7-16-19(13,17-8-6-2)10-9(11)18(12,14-3)15-4/h1-2H,7-8H2,3-4H3,(H,10,11,13). The summed E-state index contributed by atoms with van der Waals surface area (Å²) in [5.74, 6) is 4.06. The molecule has 0 unspecified atom stereocenters. The van der Waals surface area contributed by atoms with Gasteiger partial charge in [0, 0.05) is 14.2 Å². The average Bonchev–Trinajstić information content (AvgIpc) is 2.42. The second kappa shape index (κ2) is 8.14. The summed E-state index contributed by atoms with van der Waals surface area (Å²) in [6, 6.07) is 0. The molecular weight excluding hydrogens is 296 g/mol. The minimum absolute atomic E-state index is 0.410. The van der Waals surface area contributed by atoms with Gasteiger partial charge in [-0.15, -0.1) is 12.8 Å². The van der Waals surface area contributed by atoms with E-state index in [0.29, 0.717) is 0 Å². The molecule has 0 aromatic rings. The molecule has 10 heteroatoms. The van der Waals surface area contributed by atoms with Gasteiger partial charge in [-0.25, -0.2) is 9.13 Å². The summed E-state index contributed by atoms with van der Waals surface area (Å²) in [5, 5.41) is 1.77. The van der Waals surface area contributed by atoms with E-state index in [2.05, 4.69) is 18.1 Å². The van der Waals surface area contributed by atoms with Crippen LogP contribution in [0.15, 0.2) is 0 Å².